The van der Waals surface area contributed by atoms with Gasteiger partial charge in [-0.05, 0) is 24.0 Å². The monoisotopic (exact) mass is 221 g/mol. The van der Waals surface area contributed by atoms with Gasteiger partial charge in [0.2, 0.25) is 0 Å². The Hall–Kier alpha value is -1.49. The summed E-state index contributed by atoms with van der Waals surface area (Å²) >= 11 is 1.51. The van der Waals surface area contributed by atoms with Crippen LogP contribution in [0, 0.1) is 0 Å². The van der Waals surface area contributed by atoms with Gasteiger partial charge in [0, 0.05) is 5.69 Å². The summed E-state index contributed by atoms with van der Waals surface area (Å²) in [5.41, 5.74) is 6.73. The van der Waals surface area contributed by atoms with Gasteiger partial charge in [-0.1, -0.05) is 18.7 Å². The SMILES string of the molecule is CCSc1nc2ccc(N)cc2c(=O)[nH]1. The molecule has 2 aromatic rings. The number of hydrogen-bond donors (Lipinski definition) is 2. The first-order valence-corrected chi connectivity index (χ1v) is 5.61. The molecule has 0 atom stereocenters. The minimum absolute atomic E-state index is 0.136. The highest BCUT2D eigenvalue weighted by molar-refractivity contribution is 7.99. The molecule has 0 saturated carbocycles. The first-order chi connectivity index (χ1) is 7.20. The maximum absolute atomic E-state index is 11.7. The van der Waals surface area contributed by atoms with Crippen molar-refractivity contribution in [1.29, 1.82) is 0 Å². The number of nitrogens with one attached hydrogen (secondary N) is 1. The summed E-state index contributed by atoms with van der Waals surface area (Å²) in [7, 11) is 0. The zero-order valence-corrected chi connectivity index (χ0v) is 9.10. The fourth-order valence-corrected chi connectivity index (χ4v) is 1.94. The summed E-state index contributed by atoms with van der Waals surface area (Å²) in [6, 6.07) is 5.15. The second-order valence-corrected chi connectivity index (χ2v) is 4.33. The number of nitrogen functional groups attached to an aromatic ring is 1. The van der Waals surface area contributed by atoms with Crippen LogP contribution in [0.25, 0.3) is 10.9 Å². The van der Waals surface area contributed by atoms with Gasteiger partial charge in [0.15, 0.2) is 5.16 Å². The number of nitrogens with two attached hydrogens (primary N) is 1. The van der Waals surface area contributed by atoms with E-state index in [-0.39, 0.29) is 5.56 Å². The van der Waals surface area contributed by atoms with Crippen molar-refractivity contribution in [3.05, 3.63) is 28.6 Å². The van der Waals surface area contributed by atoms with Crippen LogP contribution in [0.1, 0.15) is 6.92 Å². The lowest BCUT2D eigenvalue weighted by Crippen LogP contribution is -2.09. The molecule has 15 heavy (non-hydrogen) atoms. The van der Waals surface area contributed by atoms with Gasteiger partial charge in [-0.15, -0.1) is 0 Å². The maximum atomic E-state index is 11.7. The van der Waals surface area contributed by atoms with Crippen LogP contribution >= 0.6 is 11.8 Å². The van der Waals surface area contributed by atoms with E-state index in [0.29, 0.717) is 21.7 Å². The molecule has 3 N–H and O–H groups in total. The minimum Gasteiger partial charge on any atom is -0.399 e. The standard InChI is InChI=1S/C10H11N3OS/c1-2-15-10-12-8-4-3-6(11)5-7(8)9(14)13-10/h3-5H,2,11H2,1H3,(H,12,13,14). The second-order valence-electron chi connectivity index (χ2n) is 3.08. The Labute approximate surface area is 90.9 Å². The summed E-state index contributed by atoms with van der Waals surface area (Å²) in [5.74, 6) is 0.878. The number of rotatable bonds is 2. The Balaban J connectivity index is 2.67. The molecule has 0 aliphatic heterocycles. The van der Waals surface area contributed by atoms with E-state index in [1.54, 1.807) is 18.2 Å². The predicted molar refractivity (Wildman–Crippen MR) is 63.2 cm³/mol. The van der Waals surface area contributed by atoms with Crippen molar-refractivity contribution >= 4 is 28.4 Å². The summed E-state index contributed by atoms with van der Waals surface area (Å²) in [6.07, 6.45) is 0. The number of aromatic nitrogens is 2. The van der Waals surface area contributed by atoms with E-state index in [2.05, 4.69) is 9.97 Å². The molecule has 4 nitrogen and oxygen atoms in total. The fourth-order valence-electron chi connectivity index (χ4n) is 1.34. The minimum atomic E-state index is -0.136. The zero-order chi connectivity index (χ0) is 10.8. The van der Waals surface area contributed by atoms with E-state index in [1.807, 2.05) is 6.92 Å². The highest BCUT2D eigenvalue weighted by Gasteiger charge is 2.03. The van der Waals surface area contributed by atoms with Gasteiger partial charge in [-0.3, -0.25) is 4.79 Å². The van der Waals surface area contributed by atoms with Gasteiger partial charge in [0.25, 0.3) is 5.56 Å². The molecule has 1 aromatic heterocycles. The first-order valence-electron chi connectivity index (χ1n) is 4.63. The normalized spacial score (nSPS) is 10.7. The lowest BCUT2D eigenvalue weighted by atomic mass is 10.2. The maximum Gasteiger partial charge on any atom is 0.259 e. The van der Waals surface area contributed by atoms with Crippen LogP contribution in [0.15, 0.2) is 28.2 Å². The van der Waals surface area contributed by atoms with Crippen LogP contribution in [-0.4, -0.2) is 15.7 Å². The molecule has 5 heteroatoms. The third-order valence-electron chi connectivity index (χ3n) is 1.99. The van der Waals surface area contributed by atoms with E-state index < -0.39 is 0 Å². The van der Waals surface area contributed by atoms with Crippen molar-refractivity contribution in [2.24, 2.45) is 0 Å². The fraction of sp³-hybridized carbons (Fsp3) is 0.200. The summed E-state index contributed by atoms with van der Waals surface area (Å²) < 4.78 is 0. The molecular weight excluding hydrogens is 210 g/mol. The summed E-state index contributed by atoms with van der Waals surface area (Å²) in [4.78, 5) is 18.7. The molecule has 0 bridgehead atoms. The molecule has 0 radical (unpaired) electrons. The highest BCUT2D eigenvalue weighted by Crippen LogP contribution is 2.15. The van der Waals surface area contributed by atoms with Crippen molar-refractivity contribution in [3.8, 4) is 0 Å². The topological polar surface area (TPSA) is 71.8 Å². The van der Waals surface area contributed by atoms with Gasteiger partial charge in [0.05, 0.1) is 10.9 Å². The van der Waals surface area contributed by atoms with Gasteiger partial charge in [-0.2, -0.15) is 0 Å². The Kier molecular flexibility index (Phi) is 2.64. The number of thioether (sulfide) groups is 1. The van der Waals surface area contributed by atoms with Crippen LogP contribution in [0.5, 0.6) is 0 Å². The van der Waals surface area contributed by atoms with Gasteiger partial charge in [0.1, 0.15) is 0 Å². The lowest BCUT2D eigenvalue weighted by Gasteiger charge is -2.01. The first kappa shape index (κ1) is 10.0. The smallest absolute Gasteiger partial charge is 0.259 e. The van der Waals surface area contributed by atoms with Crippen LogP contribution in [-0.2, 0) is 0 Å². The van der Waals surface area contributed by atoms with Crippen LogP contribution in [0.4, 0.5) is 5.69 Å². The molecule has 0 unspecified atom stereocenters. The Bertz CT molecular complexity index is 550. The number of hydrogen-bond acceptors (Lipinski definition) is 4. The molecule has 1 aromatic carbocycles. The van der Waals surface area contributed by atoms with Gasteiger partial charge in [-0.25, -0.2) is 4.98 Å². The van der Waals surface area contributed by atoms with Crippen molar-refractivity contribution in [2.45, 2.75) is 12.1 Å². The third kappa shape index (κ3) is 1.97. The molecule has 2 rings (SSSR count). The van der Waals surface area contributed by atoms with Crippen molar-refractivity contribution in [1.82, 2.24) is 9.97 Å². The molecule has 78 valence electrons. The third-order valence-corrected chi connectivity index (χ3v) is 2.74. The van der Waals surface area contributed by atoms with E-state index in [0.717, 1.165) is 5.75 Å². The number of nitrogens with zero attached hydrogens (tertiary/aromatic N) is 1. The number of fused-ring (bicyclic) bond motifs is 1. The van der Waals surface area contributed by atoms with Gasteiger partial charge < -0.3 is 10.7 Å². The molecule has 0 amide bonds. The average molecular weight is 221 g/mol. The van der Waals surface area contributed by atoms with E-state index in [4.69, 9.17) is 5.73 Å². The largest absolute Gasteiger partial charge is 0.399 e. The Morgan fingerprint density at radius 2 is 2.33 bits per heavy atom. The lowest BCUT2D eigenvalue weighted by molar-refractivity contribution is 0.975. The molecule has 0 saturated heterocycles. The predicted octanol–water partition coefficient (Wildman–Crippen LogP) is 1.62. The number of benzene rings is 1. The van der Waals surface area contributed by atoms with Crippen molar-refractivity contribution < 1.29 is 0 Å². The molecule has 1 heterocycles. The van der Waals surface area contributed by atoms with Crippen LogP contribution in [0.2, 0.25) is 0 Å². The quantitative estimate of drug-likeness (QED) is 0.459. The number of anilines is 1. The molecular formula is C10H11N3OS. The molecule has 0 aliphatic carbocycles. The highest BCUT2D eigenvalue weighted by atomic mass is 32.2. The number of H-pyrrole nitrogens is 1. The second kappa shape index (κ2) is 3.94. The molecule has 0 fully saturated rings. The van der Waals surface area contributed by atoms with E-state index in [1.165, 1.54) is 11.8 Å². The van der Waals surface area contributed by atoms with E-state index >= 15 is 0 Å². The average Bonchev–Trinajstić information content (AvgIpc) is 2.20. The zero-order valence-electron chi connectivity index (χ0n) is 8.28. The van der Waals surface area contributed by atoms with Gasteiger partial charge >= 0.3 is 0 Å². The van der Waals surface area contributed by atoms with E-state index in [9.17, 15) is 4.79 Å². The number of aromatic amines is 1. The molecule has 0 aliphatic rings. The summed E-state index contributed by atoms with van der Waals surface area (Å²) in [6.45, 7) is 2.01. The van der Waals surface area contributed by atoms with Crippen molar-refractivity contribution in [2.75, 3.05) is 11.5 Å². The van der Waals surface area contributed by atoms with Crippen molar-refractivity contribution in [3.63, 3.8) is 0 Å². The Morgan fingerprint density at radius 1 is 1.53 bits per heavy atom. The van der Waals surface area contributed by atoms with Crippen LogP contribution in [0.3, 0.4) is 0 Å². The summed E-state index contributed by atoms with van der Waals surface area (Å²) in [5, 5.41) is 1.19. The van der Waals surface area contributed by atoms with Crippen LogP contribution < -0.4 is 11.3 Å². The molecule has 0 spiro atoms. The Morgan fingerprint density at radius 3 is 3.07 bits per heavy atom.